The zero-order valence-electron chi connectivity index (χ0n) is 10.5. The van der Waals surface area contributed by atoms with Gasteiger partial charge >= 0.3 is 0 Å². The fraction of sp³-hybridized carbons (Fsp3) is 0.917. The molecular weight excluding hydrogens is 220 g/mol. The lowest BCUT2D eigenvalue weighted by atomic mass is 9.83. The van der Waals surface area contributed by atoms with Crippen molar-refractivity contribution in [3.8, 4) is 0 Å². The summed E-state index contributed by atoms with van der Waals surface area (Å²) < 4.78 is 0.355. The number of nitrogens with one attached hydrogen (secondary N) is 1. The lowest BCUT2D eigenvalue weighted by Crippen LogP contribution is -2.49. The summed E-state index contributed by atoms with van der Waals surface area (Å²) in [5.74, 6) is 0.301. The number of amides is 1. The molecule has 1 saturated heterocycles. The van der Waals surface area contributed by atoms with Crippen LogP contribution in [0.15, 0.2) is 0 Å². The molecule has 2 atom stereocenters. The van der Waals surface area contributed by atoms with Gasteiger partial charge in [0.25, 0.3) is 0 Å². The second-order valence-corrected chi connectivity index (χ2v) is 6.28. The second kappa shape index (κ2) is 4.57. The number of carbonyl (C=O) groups excluding carboxylic acids is 1. The van der Waals surface area contributed by atoms with E-state index in [4.69, 9.17) is 0 Å². The van der Waals surface area contributed by atoms with Crippen LogP contribution in [-0.2, 0) is 4.79 Å². The van der Waals surface area contributed by atoms with Crippen molar-refractivity contribution in [3.63, 3.8) is 0 Å². The van der Waals surface area contributed by atoms with E-state index in [-0.39, 0.29) is 12.2 Å². The Bertz CT molecular complexity index is 273. The van der Waals surface area contributed by atoms with E-state index >= 15 is 0 Å². The van der Waals surface area contributed by atoms with E-state index in [0.717, 1.165) is 13.0 Å². The standard InChI is InChI=1S/C12H22N2OS/c1-4-10-11(15)14(9(2)13-10)8-12(16-3)6-5-7-12/h9-10,13H,4-8H2,1-3H3. The van der Waals surface area contributed by atoms with E-state index < -0.39 is 0 Å². The molecule has 0 bridgehead atoms. The van der Waals surface area contributed by atoms with E-state index in [9.17, 15) is 4.79 Å². The average Bonchev–Trinajstić information content (AvgIpc) is 2.49. The largest absolute Gasteiger partial charge is 0.325 e. The smallest absolute Gasteiger partial charge is 0.241 e. The van der Waals surface area contributed by atoms with Crippen molar-refractivity contribution in [1.29, 1.82) is 0 Å². The minimum Gasteiger partial charge on any atom is -0.325 e. The summed E-state index contributed by atoms with van der Waals surface area (Å²) in [6, 6.07) is 0.0500. The van der Waals surface area contributed by atoms with Gasteiger partial charge in [0.2, 0.25) is 5.91 Å². The average molecular weight is 242 g/mol. The van der Waals surface area contributed by atoms with Crippen molar-refractivity contribution in [2.24, 2.45) is 0 Å². The van der Waals surface area contributed by atoms with Gasteiger partial charge in [-0.2, -0.15) is 11.8 Å². The third-order valence-corrected chi connectivity index (χ3v) is 5.46. The lowest BCUT2D eigenvalue weighted by molar-refractivity contribution is -0.130. The molecule has 1 amide bonds. The Kier molecular flexibility index (Phi) is 3.50. The molecule has 4 heteroatoms. The Balaban J connectivity index is 2.01. The van der Waals surface area contributed by atoms with Crippen molar-refractivity contribution in [1.82, 2.24) is 10.2 Å². The predicted octanol–water partition coefficient (Wildman–Crippen LogP) is 1.83. The Morgan fingerprint density at radius 3 is 2.62 bits per heavy atom. The minimum absolute atomic E-state index is 0.0500. The van der Waals surface area contributed by atoms with Gasteiger partial charge in [-0.25, -0.2) is 0 Å². The Morgan fingerprint density at radius 1 is 1.56 bits per heavy atom. The van der Waals surface area contributed by atoms with Gasteiger partial charge in [0.1, 0.15) is 0 Å². The molecule has 2 aliphatic rings. The van der Waals surface area contributed by atoms with Crippen molar-refractivity contribution in [2.75, 3.05) is 12.8 Å². The molecule has 0 radical (unpaired) electrons. The summed E-state index contributed by atoms with van der Waals surface area (Å²) in [6.07, 6.45) is 7.13. The molecule has 0 spiro atoms. The van der Waals surface area contributed by atoms with Crippen molar-refractivity contribution in [3.05, 3.63) is 0 Å². The Hall–Kier alpha value is -0.220. The van der Waals surface area contributed by atoms with Crippen LogP contribution in [0.25, 0.3) is 0 Å². The van der Waals surface area contributed by atoms with Crippen molar-refractivity contribution < 1.29 is 4.79 Å². The van der Waals surface area contributed by atoms with Crippen molar-refractivity contribution >= 4 is 17.7 Å². The molecule has 0 aromatic carbocycles. The summed E-state index contributed by atoms with van der Waals surface area (Å²) in [5.41, 5.74) is 0. The topological polar surface area (TPSA) is 32.3 Å². The van der Waals surface area contributed by atoms with Gasteiger partial charge in [0, 0.05) is 11.3 Å². The van der Waals surface area contributed by atoms with Gasteiger partial charge in [-0.1, -0.05) is 13.3 Å². The summed E-state index contributed by atoms with van der Waals surface area (Å²) in [6.45, 7) is 5.09. The predicted molar refractivity (Wildman–Crippen MR) is 68.5 cm³/mol. The van der Waals surface area contributed by atoms with E-state index in [2.05, 4.69) is 25.4 Å². The quantitative estimate of drug-likeness (QED) is 0.816. The molecule has 0 aromatic heterocycles. The fourth-order valence-electron chi connectivity index (χ4n) is 2.66. The molecule has 1 heterocycles. The zero-order valence-corrected chi connectivity index (χ0v) is 11.3. The summed E-state index contributed by atoms with van der Waals surface area (Å²) >= 11 is 1.94. The van der Waals surface area contributed by atoms with Crippen LogP contribution < -0.4 is 5.32 Å². The number of nitrogens with zero attached hydrogens (tertiary/aromatic N) is 1. The Morgan fingerprint density at radius 2 is 2.25 bits per heavy atom. The highest BCUT2D eigenvalue weighted by molar-refractivity contribution is 8.00. The molecule has 92 valence electrons. The highest BCUT2D eigenvalue weighted by atomic mass is 32.2. The van der Waals surface area contributed by atoms with Gasteiger partial charge in [-0.15, -0.1) is 0 Å². The maximum absolute atomic E-state index is 12.1. The highest BCUT2D eigenvalue weighted by Gasteiger charge is 2.43. The molecule has 0 aromatic rings. The second-order valence-electron chi connectivity index (χ2n) is 5.01. The number of thioether (sulfide) groups is 1. The molecule has 2 rings (SSSR count). The van der Waals surface area contributed by atoms with Gasteiger partial charge in [-0.05, 0) is 32.4 Å². The van der Waals surface area contributed by atoms with Crippen LogP contribution in [0.2, 0.25) is 0 Å². The monoisotopic (exact) mass is 242 g/mol. The lowest BCUT2D eigenvalue weighted by Gasteiger charge is -2.43. The molecule has 1 saturated carbocycles. The summed E-state index contributed by atoms with van der Waals surface area (Å²) in [7, 11) is 0. The van der Waals surface area contributed by atoms with Gasteiger partial charge in [0.05, 0.1) is 12.2 Å². The molecule has 1 aliphatic heterocycles. The van der Waals surface area contributed by atoms with E-state index in [1.807, 2.05) is 16.7 Å². The third-order valence-electron chi connectivity index (χ3n) is 4.06. The molecule has 1 aliphatic carbocycles. The first-order valence-electron chi connectivity index (χ1n) is 6.23. The highest BCUT2D eigenvalue weighted by Crippen LogP contribution is 2.43. The maximum Gasteiger partial charge on any atom is 0.241 e. The van der Waals surface area contributed by atoms with Crippen LogP contribution in [0.5, 0.6) is 0 Å². The summed E-state index contributed by atoms with van der Waals surface area (Å²) in [5, 5.41) is 3.37. The van der Waals surface area contributed by atoms with E-state index in [1.54, 1.807) is 0 Å². The number of carbonyl (C=O) groups is 1. The van der Waals surface area contributed by atoms with Crippen LogP contribution >= 0.6 is 11.8 Å². The number of hydrogen-bond donors (Lipinski definition) is 1. The number of hydrogen-bond acceptors (Lipinski definition) is 3. The normalized spacial score (nSPS) is 32.9. The Labute approximate surface area is 102 Å². The maximum atomic E-state index is 12.1. The minimum atomic E-state index is 0.0500. The van der Waals surface area contributed by atoms with Crippen LogP contribution in [0.4, 0.5) is 0 Å². The molecule has 3 nitrogen and oxygen atoms in total. The third kappa shape index (κ3) is 1.97. The molecule has 2 unspecified atom stereocenters. The first-order chi connectivity index (χ1) is 7.62. The van der Waals surface area contributed by atoms with E-state index in [0.29, 0.717) is 10.7 Å². The SMILES string of the molecule is CCC1NC(C)N(CC2(SC)CCC2)C1=O. The van der Waals surface area contributed by atoms with Gasteiger partial charge in [0.15, 0.2) is 0 Å². The first-order valence-corrected chi connectivity index (χ1v) is 7.46. The van der Waals surface area contributed by atoms with Gasteiger partial charge < -0.3 is 4.90 Å². The summed E-state index contributed by atoms with van der Waals surface area (Å²) in [4.78, 5) is 14.2. The zero-order chi connectivity index (χ0) is 11.8. The first kappa shape index (κ1) is 12.2. The van der Waals surface area contributed by atoms with E-state index in [1.165, 1.54) is 19.3 Å². The molecule has 2 fully saturated rings. The van der Waals surface area contributed by atoms with Crippen LogP contribution in [-0.4, -0.2) is 40.6 Å². The van der Waals surface area contributed by atoms with Gasteiger partial charge in [-0.3, -0.25) is 10.1 Å². The van der Waals surface area contributed by atoms with Crippen molar-refractivity contribution in [2.45, 2.75) is 56.5 Å². The van der Waals surface area contributed by atoms with Crippen LogP contribution in [0.3, 0.4) is 0 Å². The molecular formula is C12H22N2OS. The molecule has 16 heavy (non-hydrogen) atoms. The van der Waals surface area contributed by atoms with Crippen LogP contribution in [0.1, 0.15) is 39.5 Å². The number of rotatable bonds is 4. The molecule has 1 N–H and O–H groups in total. The fourth-order valence-corrected chi connectivity index (χ4v) is 3.62. The van der Waals surface area contributed by atoms with Crippen LogP contribution in [0, 0.1) is 0 Å².